The molecule has 19 heavy (non-hydrogen) atoms. The molecule has 0 atom stereocenters. The van der Waals surface area contributed by atoms with Crippen molar-refractivity contribution >= 4 is 17.7 Å². The molecule has 0 fully saturated rings. The first-order chi connectivity index (χ1) is 8.82. The third kappa shape index (κ3) is 5.65. The van der Waals surface area contributed by atoms with Gasteiger partial charge in [-0.15, -0.1) is 11.8 Å². The van der Waals surface area contributed by atoms with Crippen molar-refractivity contribution in [2.75, 3.05) is 38.3 Å². The van der Waals surface area contributed by atoms with Crippen LogP contribution in [0, 0.1) is 0 Å². The summed E-state index contributed by atoms with van der Waals surface area (Å²) in [6.07, 6.45) is -4.45. The molecule has 1 N–H and O–H groups in total. The Balaban J connectivity index is 2.87. The van der Waals surface area contributed by atoms with Gasteiger partial charge >= 0.3 is 6.18 Å². The summed E-state index contributed by atoms with van der Waals surface area (Å²) >= 11 is 1.29. The Morgan fingerprint density at radius 2 is 2.00 bits per heavy atom. The molecule has 1 aromatic rings. The van der Waals surface area contributed by atoms with E-state index in [4.69, 9.17) is 0 Å². The largest absolute Gasteiger partial charge is 0.433 e. The number of rotatable bonds is 6. The zero-order valence-electron chi connectivity index (χ0n) is 11.1. The van der Waals surface area contributed by atoms with Gasteiger partial charge in [0.1, 0.15) is 5.03 Å². The molecule has 0 bridgehead atoms. The van der Waals surface area contributed by atoms with Gasteiger partial charge in [0.05, 0.1) is 0 Å². The first kappa shape index (κ1) is 16.0. The highest BCUT2D eigenvalue weighted by molar-refractivity contribution is 7.99. The van der Waals surface area contributed by atoms with Crippen LogP contribution in [0.5, 0.6) is 0 Å². The van der Waals surface area contributed by atoms with Crippen LogP contribution in [-0.2, 0) is 6.18 Å². The average molecular weight is 294 g/mol. The minimum absolute atomic E-state index is 0.0182. The van der Waals surface area contributed by atoms with Gasteiger partial charge in [0.2, 0.25) is 5.95 Å². The predicted octanol–water partition coefficient (Wildman–Crippen LogP) is 2.58. The molecule has 1 rings (SSSR count). The van der Waals surface area contributed by atoms with Crippen molar-refractivity contribution in [3.05, 3.63) is 11.8 Å². The van der Waals surface area contributed by atoms with Crippen LogP contribution in [0.25, 0.3) is 0 Å². The van der Waals surface area contributed by atoms with Crippen LogP contribution in [0.15, 0.2) is 11.1 Å². The number of hydrogen-bond acceptors (Lipinski definition) is 5. The summed E-state index contributed by atoms with van der Waals surface area (Å²) in [6.45, 7) is 3.03. The van der Waals surface area contributed by atoms with Crippen molar-refractivity contribution < 1.29 is 13.2 Å². The van der Waals surface area contributed by atoms with Crippen molar-refractivity contribution in [1.29, 1.82) is 0 Å². The molecule has 0 spiro atoms. The molecule has 108 valence electrons. The topological polar surface area (TPSA) is 41.1 Å². The van der Waals surface area contributed by atoms with E-state index in [0.717, 1.165) is 12.6 Å². The Kier molecular flexibility index (Phi) is 5.86. The number of nitrogens with one attached hydrogen (secondary N) is 1. The quantitative estimate of drug-likeness (QED) is 0.645. The molecule has 0 aliphatic heterocycles. The first-order valence-corrected chi connectivity index (χ1v) is 6.79. The van der Waals surface area contributed by atoms with E-state index in [2.05, 4.69) is 15.3 Å². The highest BCUT2D eigenvalue weighted by Gasteiger charge is 2.33. The third-order valence-electron chi connectivity index (χ3n) is 2.12. The van der Waals surface area contributed by atoms with Crippen LogP contribution in [0.2, 0.25) is 0 Å². The van der Waals surface area contributed by atoms with Gasteiger partial charge in [-0.2, -0.15) is 13.2 Å². The van der Waals surface area contributed by atoms with Gasteiger partial charge in [-0.1, -0.05) is 0 Å². The summed E-state index contributed by atoms with van der Waals surface area (Å²) in [4.78, 5) is 9.48. The minimum atomic E-state index is -4.45. The molecule has 8 heteroatoms. The van der Waals surface area contributed by atoms with Crippen molar-refractivity contribution in [3.63, 3.8) is 0 Å². The van der Waals surface area contributed by atoms with Gasteiger partial charge in [0, 0.05) is 24.9 Å². The lowest BCUT2D eigenvalue weighted by Crippen LogP contribution is -2.15. The van der Waals surface area contributed by atoms with Crippen LogP contribution in [0.3, 0.4) is 0 Å². The second kappa shape index (κ2) is 6.95. The first-order valence-electron chi connectivity index (χ1n) is 5.80. The second-order valence-electron chi connectivity index (χ2n) is 4.09. The average Bonchev–Trinajstić information content (AvgIpc) is 2.27. The van der Waals surface area contributed by atoms with Crippen LogP contribution in [0.4, 0.5) is 19.1 Å². The fourth-order valence-corrected chi connectivity index (χ4v) is 2.23. The van der Waals surface area contributed by atoms with Gasteiger partial charge in [-0.25, -0.2) is 9.97 Å². The Labute approximate surface area is 114 Å². The molecule has 0 radical (unpaired) electrons. The maximum absolute atomic E-state index is 12.7. The van der Waals surface area contributed by atoms with Crippen molar-refractivity contribution in [2.45, 2.75) is 18.1 Å². The van der Waals surface area contributed by atoms with Crippen LogP contribution in [-0.4, -0.2) is 47.8 Å². The lowest BCUT2D eigenvalue weighted by atomic mass is 10.4. The van der Waals surface area contributed by atoms with Crippen molar-refractivity contribution in [2.24, 2.45) is 0 Å². The normalized spacial score (nSPS) is 11.9. The highest BCUT2D eigenvalue weighted by atomic mass is 32.2. The Hall–Kier alpha value is -1.02. The molecule has 0 aliphatic rings. The zero-order chi connectivity index (χ0) is 14.5. The summed E-state index contributed by atoms with van der Waals surface area (Å²) in [6, 6.07) is 0.987. The smallest absolute Gasteiger partial charge is 0.354 e. The molecule has 4 nitrogen and oxygen atoms in total. The SMILES string of the molecule is CCNc1nc(SCCN(C)C)cc(C(F)(F)F)n1. The molecular weight excluding hydrogens is 277 g/mol. The number of halogens is 3. The molecule has 1 aromatic heterocycles. The Morgan fingerprint density at radius 1 is 1.32 bits per heavy atom. The number of thioether (sulfide) groups is 1. The van der Waals surface area contributed by atoms with Crippen LogP contribution >= 0.6 is 11.8 Å². The van der Waals surface area contributed by atoms with E-state index in [1.54, 1.807) is 6.92 Å². The highest BCUT2D eigenvalue weighted by Crippen LogP contribution is 2.30. The van der Waals surface area contributed by atoms with Gasteiger partial charge in [-0.05, 0) is 21.0 Å². The lowest BCUT2D eigenvalue weighted by Gasteiger charge is -2.12. The lowest BCUT2D eigenvalue weighted by molar-refractivity contribution is -0.141. The number of hydrogen-bond donors (Lipinski definition) is 1. The number of anilines is 1. The monoisotopic (exact) mass is 294 g/mol. The number of nitrogens with zero attached hydrogens (tertiary/aromatic N) is 3. The van der Waals surface area contributed by atoms with E-state index >= 15 is 0 Å². The summed E-state index contributed by atoms with van der Waals surface area (Å²) in [5, 5.41) is 3.05. The number of aromatic nitrogens is 2. The molecule has 1 heterocycles. The fourth-order valence-electron chi connectivity index (χ4n) is 1.21. The summed E-state index contributed by atoms with van der Waals surface area (Å²) < 4.78 is 38.1. The fraction of sp³-hybridized carbons (Fsp3) is 0.636. The molecular formula is C11H17F3N4S. The maximum atomic E-state index is 12.7. The Morgan fingerprint density at radius 3 is 2.53 bits per heavy atom. The van der Waals surface area contributed by atoms with Gasteiger partial charge in [0.15, 0.2) is 5.69 Å². The molecule has 0 unspecified atom stereocenters. The van der Waals surface area contributed by atoms with E-state index in [0.29, 0.717) is 17.3 Å². The van der Waals surface area contributed by atoms with Gasteiger partial charge in [0.25, 0.3) is 0 Å². The molecule has 0 saturated carbocycles. The minimum Gasteiger partial charge on any atom is -0.354 e. The maximum Gasteiger partial charge on any atom is 0.433 e. The van der Waals surface area contributed by atoms with Gasteiger partial charge in [-0.3, -0.25) is 0 Å². The van der Waals surface area contributed by atoms with Crippen molar-refractivity contribution in [3.8, 4) is 0 Å². The zero-order valence-corrected chi connectivity index (χ0v) is 11.9. The molecule has 0 saturated heterocycles. The summed E-state index contributed by atoms with van der Waals surface area (Å²) in [7, 11) is 3.82. The van der Waals surface area contributed by atoms with E-state index < -0.39 is 11.9 Å². The molecule has 0 aromatic carbocycles. The predicted molar refractivity (Wildman–Crippen MR) is 70.5 cm³/mol. The van der Waals surface area contributed by atoms with Crippen molar-refractivity contribution in [1.82, 2.24) is 14.9 Å². The summed E-state index contributed by atoms with van der Waals surface area (Å²) in [5.41, 5.74) is -0.911. The molecule has 0 aliphatic carbocycles. The second-order valence-corrected chi connectivity index (χ2v) is 5.21. The van der Waals surface area contributed by atoms with Gasteiger partial charge < -0.3 is 10.2 Å². The van der Waals surface area contributed by atoms with E-state index in [1.807, 2.05) is 19.0 Å². The van der Waals surface area contributed by atoms with E-state index in [1.165, 1.54) is 11.8 Å². The van der Waals surface area contributed by atoms with Crippen LogP contribution < -0.4 is 5.32 Å². The third-order valence-corrected chi connectivity index (χ3v) is 3.01. The standard InChI is InChI=1S/C11H17F3N4S/c1-4-15-10-16-8(11(12,13)14)7-9(17-10)19-6-5-18(2)3/h7H,4-6H2,1-3H3,(H,15,16,17). The van der Waals surface area contributed by atoms with E-state index in [-0.39, 0.29) is 5.95 Å². The number of alkyl halides is 3. The van der Waals surface area contributed by atoms with Crippen LogP contribution in [0.1, 0.15) is 12.6 Å². The summed E-state index contributed by atoms with van der Waals surface area (Å²) in [5.74, 6) is 0.692. The molecule has 0 amide bonds. The Bertz CT molecular complexity index is 409. The van der Waals surface area contributed by atoms with E-state index in [9.17, 15) is 13.2 Å².